The normalized spacial score (nSPS) is 23.7. The average Bonchev–Trinajstić information content (AvgIpc) is 3.55. The number of ether oxygens (including phenoxy) is 4. The number of amides is 2. The summed E-state index contributed by atoms with van der Waals surface area (Å²) in [5.74, 6) is 1.13. The number of nitrogens with zero attached hydrogens (tertiary/aromatic N) is 1. The number of hydrogen-bond donors (Lipinski definition) is 0. The predicted octanol–water partition coefficient (Wildman–Crippen LogP) is 0.778. The molecule has 2 fully saturated rings. The summed E-state index contributed by atoms with van der Waals surface area (Å²) < 4.78 is 21.3. The van der Waals surface area contributed by atoms with Crippen molar-refractivity contribution < 1.29 is 42.9 Å². The van der Waals surface area contributed by atoms with E-state index >= 15 is 0 Å². The van der Waals surface area contributed by atoms with E-state index < -0.39 is 35.2 Å². The molecular formula is C26H29NO9. The maximum atomic E-state index is 12.9. The van der Waals surface area contributed by atoms with E-state index in [1.54, 1.807) is 0 Å². The Kier molecular flexibility index (Phi) is 8.89. The topological polar surface area (TPSA) is 126 Å². The second-order valence-electron chi connectivity index (χ2n) is 9.11. The molecule has 3 aliphatic rings. The van der Waals surface area contributed by atoms with Crippen LogP contribution < -0.4 is 0 Å². The molecule has 10 nitrogen and oxygen atoms in total. The van der Waals surface area contributed by atoms with E-state index in [-0.39, 0.29) is 82.5 Å². The highest BCUT2D eigenvalue weighted by molar-refractivity contribution is 6.06. The van der Waals surface area contributed by atoms with E-state index in [0.29, 0.717) is 0 Å². The van der Waals surface area contributed by atoms with Crippen molar-refractivity contribution in [3.63, 3.8) is 0 Å². The SMILES string of the molecule is C#CCCC(=O)OCC(C)(COC(=O)CCC#C)C(=O)OCCCN1C(=O)C2[C@@H](C1=O)C1C=C[C@H]2O1. The van der Waals surface area contributed by atoms with Crippen molar-refractivity contribution in [2.45, 2.75) is 51.2 Å². The first-order chi connectivity index (χ1) is 17.2. The number of carbonyl (C=O) groups is 5. The lowest BCUT2D eigenvalue weighted by atomic mass is 9.85. The molecule has 36 heavy (non-hydrogen) atoms. The largest absolute Gasteiger partial charge is 0.465 e. The molecule has 0 spiro atoms. The summed E-state index contributed by atoms with van der Waals surface area (Å²) in [6, 6.07) is 0. The molecule has 4 atom stereocenters. The van der Waals surface area contributed by atoms with Crippen LogP contribution in [0.15, 0.2) is 12.2 Å². The zero-order valence-corrected chi connectivity index (χ0v) is 20.1. The number of rotatable bonds is 13. The van der Waals surface area contributed by atoms with E-state index in [1.165, 1.54) is 11.8 Å². The Hall–Kier alpha value is -3.63. The van der Waals surface area contributed by atoms with Gasteiger partial charge in [0.1, 0.15) is 18.6 Å². The van der Waals surface area contributed by atoms with E-state index in [1.807, 2.05) is 12.2 Å². The third kappa shape index (κ3) is 5.95. The number of carbonyl (C=O) groups excluding carboxylic acids is 5. The molecule has 2 saturated heterocycles. The summed E-state index contributed by atoms with van der Waals surface area (Å²) in [7, 11) is 0. The lowest BCUT2D eigenvalue weighted by Crippen LogP contribution is -2.41. The highest BCUT2D eigenvalue weighted by Gasteiger charge is 2.60. The van der Waals surface area contributed by atoms with Gasteiger partial charge in [-0.05, 0) is 13.3 Å². The van der Waals surface area contributed by atoms with Crippen molar-refractivity contribution in [2.75, 3.05) is 26.4 Å². The lowest BCUT2D eigenvalue weighted by Gasteiger charge is -2.26. The zero-order chi connectivity index (χ0) is 26.3. The van der Waals surface area contributed by atoms with Gasteiger partial charge in [0.05, 0.1) is 43.5 Å². The molecule has 2 bridgehead atoms. The minimum atomic E-state index is -1.48. The van der Waals surface area contributed by atoms with Crippen molar-refractivity contribution >= 4 is 29.7 Å². The number of hydrogen-bond acceptors (Lipinski definition) is 9. The molecule has 0 aromatic heterocycles. The number of likely N-dealkylation sites (tertiary alicyclic amines) is 1. The highest BCUT2D eigenvalue weighted by Crippen LogP contribution is 2.45. The molecule has 0 saturated carbocycles. The minimum absolute atomic E-state index is 0.0221. The lowest BCUT2D eigenvalue weighted by molar-refractivity contribution is -0.170. The molecule has 0 aromatic rings. The standard InChI is InChI=1S/C26H29NO9/c1-4-6-9-19(28)34-15-26(3,16-35-20(29)10-7-5-2)25(32)33-14-8-13-27-23(30)21-17-11-12-18(36-17)22(21)24(27)31/h1-2,11-12,17-18,21-22H,6-10,13-16H2,3H3/t17-,18?,21?,22+/m1/s1. The molecule has 3 rings (SSSR count). The Morgan fingerprint density at radius 3 is 1.92 bits per heavy atom. The molecule has 0 aliphatic carbocycles. The summed E-state index contributed by atoms with van der Waals surface area (Å²) >= 11 is 0. The Morgan fingerprint density at radius 1 is 0.944 bits per heavy atom. The van der Waals surface area contributed by atoms with Gasteiger partial charge in [-0.15, -0.1) is 24.7 Å². The summed E-state index contributed by atoms with van der Waals surface area (Å²) in [5.41, 5.74) is -1.48. The van der Waals surface area contributed by atoms with Gasteiger partial charge in [-0.25, -0.2) is 0 Å². The average molecular weight is 500 g/mol. The fourth-order valence-corrected chi connectivity index (χ4v) is 4.28. The van der Waals surface area contributed by atoms with Crippen molar-refractivity contribution in [2.24, 2.45) is 17.3 Å². The van der Waals surface area contributed by atoms with E-state index in [4.69, 9.17) is 31.8 Å². The van der Waals surface area contributed by atoms with E-state index in [0.717, 1.165) is 0 Å². The molecule has 2 amide bonds. The quantitative estimate of drug-likeness (QED) is 0.0902. The first kappa shape index (κ1) is 27.0. The van der Waals surface area contributed by atoms with Crippen LogP contribution in [-0.4, -0.2) is 73.2 Å². The Bertz CT molecular complexity index is 953. The van der Waals surface area contributed by atoms with Gasteiger partial charge in [0.2, 0.25) is 11.8 Å². The van der Waals surface area contributed by atoms with Gasteiger partial charge >= 0.3 is 17.9 Å². The Labute approximate surface area is 209 Å². The van der Waals surface area contributed by atoms with Gasteiger partial charge in [0.25, 0.3) is 0 Å². The summed E-state index contributed by atoms with van der Waals surface area (Å²) in [5, 5.41) is 0. The molecule has 3 heterocycles. The monoisotopic (exact) mass is 499 g/mol. The maximum Gasteiger partial charge on any atom is 0.318 e. The van der Waals surface area contributed by atoms with Crippen molar-refractivity contribution in [1.82, 2.24) is 4.90 Å². The van der Waals surface area contributed by atoms with Gasteiger partial charge < -0.3 is 18.9 Å². The summed E-state index contributed by atoms with van der Waals surface area (Å²) in [6.07, 6.45) is 13.7. The molecule has 192 valence electrons. The maximum absolute atomic E-state index is 12.9. The fourth-order valence-electron chi connectivity index (χ4n) is 4.28. The molecule has 0 radical (unpaired) electrons. The minimum Gasteiger partial charge on any atom is -0.465 e. The van der Waals surface area contributed by atoms with Gasteiger partial charge in [0.15, 0.2) is 0 Å². The van der Waals surface area contributed by atoms with E-state index in [2.05, 4.69) is 11.8 Å². The van der Waals surface area contributed by atoms with Crippen LogP contribution in [0.25, 0.3) is 0 Å². The number of esters is 3. The van der Waals surface area contributed by atoms with Crippen molar-refractivity contribution in [3.8, 4) is 24.7 Å². The number of terminal acetylenes is 2. The van der Waals surface area contributed by atoms with Gasteiger partial charge in [0, 0.05) is 19.4 Å². The van der Waals surface area contributed by atoms with Crippen LogP contribution in [0.1, 0.15) is 39.0 Å². The molecule has 10 heteroatoms. The van der Waals surface area contributed by atoms with Crippen LogP contribution in [0.5, 0.6) is 0 Å². The smallest absolute Gasteiger partial charge is 0.318 e. The van der Waals surface area contributed by atoms with Gasteiger partial charge in [-0.1, -0.05) is 12.2 Å². The zero-order valence-electron chi connectivity index (χ0n) is 20.1. The van der Waals surface area contributed by atoms with Crippen molar-refractivity contribution in [1.29, 1.82) is 0 Å². The Morgan fingerprint density at radius 2 is 1.44 bits per heavy atom. The highest BCUT2D eigenvalue weighted by atomic mass is 16.6. The molecular weight excluding hydrogens is 470 g/mol. The molecule has 3 aliphatic heterocycles. The molecule has 0 N–H and O–H groups in total. The second kappa shape index (κ2) is 11.9. The second-order valence-corrected chi connectivity index (χ2v) is 9.11. The van der Waals surface area contributed by atoms with Gasteiger partial charge in [-0.3, -0.25) is 28.9 Å². The first-order valence-corrected chi connectivity index (χ1v) is 11.8. The third-order valence-corrected chi connectivity index (χ3v) is 6.30. The van der Waals surface area contributed by atoms with Gasteiger partial charge in [-0.2, -0.15) is 0 Å². The molecule has 2 unspecified atom stereocenters. The third-order valence-electron chi connectivity index (χ3n) is 6.30. The van der Waals surface area contributed by atoms with Crippen LogP contribution in [0.3, 0.4) is 0 Å². The molecule has 0 aromatic carbocycles. The van der Waals surface area contributed by atoms with Crippen LogP contribution >= 0.6 is 0 Å². The summed E-state index contributed by atoms with van der Waals surface area (Å²) in [4.78, 5) is 63.2. The van der Waals surface area contributed by atoms with Crippen LogP contribution in [-0.2, 0) is 42.9 Å². The Balaban J connectivity index is 1.50. The van der Waals surface area contributed by atoms with Crippen LogP contribution in [0.4, 0.5) is 0 Å². The predicted molar refractivity (Wildman–Crippen MR) is 123 cm³/mol. The van der Waals surface area contributed by atoms with Crippen LogP contribution in [0, 0.1) is 41.9 Å². The number of imide groups is 1. The van der Waals surface area contributed by atoms with Crippen LogP contribution in [0.2, 0.25) is 0 Å². The number of fused-ring (bicyclic) bond motifs is 5. The summed E-state index contributed by atoms with van der Waals surface area (Å²) in [6.45, 7) is 0.657. The van der Waals surface area contributed by atoms with E-state index in [9.17, 15) is 24.0 Å². The van der Waals surface area contributed by atoms with Crippen molar-refractivity contribution in [3.05, 3.63) is 12.2 Å². The first-order valence-electron chi connectivity index (χ1n) is 11.8. The fraction of sp³-hybridized carbons (Fsp3) is 0.577.